The Balaban J connectivity index is 1.99. The molecule has 116 valence electrons. The van der Waals surface area contributed by atoms with Gasteiger partial charge in [0.2, 0.25) is 11.9 Å². The Bertz CT molecular complexity index is 514. The molecule has 0 saturated carbocycles. The first-order chi connectivity index (χ1) is 9.86. The van der Waals surface area contributed by atoms with E-state index in [9.17, 15) is 18.0 Å². The van der Waals surface area contributed by atoms with Gasteiger partial charge in [0.1, 0.15) is 5.82 Å². The van der Waals surface area contributed by atoms with Gasteiger partial charge in [0.15, 0.2) is 5.69 Å². The second-order valence-electron chi connectivity index (χ2n) is 4.79. The summed E-state index contributed by atoms with van der Waals surface area (Å²) in [5.41, 5.74) is 4.11. The second kappa shape index (κ2) is 6.15. The quantitative estimate of drug-likeness (QED) is 0.884. The summed E-state index contributed by atoms with van der Waals surface area (Å²) in [5, 5.41) is 2.57. The van der Waals surface area contributed by atoms with Gasteiger partial charge in [-0.15, -0.1) is 0 Å². The summed E-state index contributed by atoms with van der Waals surface area (Å²) in [4.78, 5) is 20.4. The number of anilines is 2. The van der Waals surface area contributed by atoms with Crippen LogP contribution in [0.4, 0.5) is 24.9 Å². The maximum Gasteiger partial charge on any atom is 0.433 e. The molecule has 1 fully saturated rings. The zero-order valence-corrected chi connectivity index (χ0v) is 11.3. The van der Waals surface area contributed by atoms with Crippen LogP contribution >= 0.6 is 0 Å². The Morgan fingerprint density at radius 3 is 2.57 bits per heavy atom. The molecule has 3 N–H and O–H groups in total. The van der Waals surface area contributed by atoms with Crippen molar-refractivity contribution in [3.8, 4) is 0 Å². The smallest absolute Gasteiger partial charge is 0.368 e. The van der Waals surface area contributed by atoms with Crippen LogP contribution in [-0.2, 0) is 11.0 Å². The van der Waals surface area contributed by atoms with Crippen molar-refractivity contribution < 1.29 is 18.0 Å². The fourth-order valence-corrected chi connectivity index (χ4v) is 2.12. The van der Waals surface area contributed by atoms with Crippen LogP contribution in [0.25, 0.3) is 0 Å². The molecule has 1 aliphatic heterocycles. The van der Waals surface area contributed by atoms with E-state index < -0.39 is 17.8 Å². The number of halogens is 3. The number of hydrogen-bond donors (Lipinski definition) is 2. The minimum Gasteiger partial charge on any atom is -0.368 e. The summed E-state index contributed by atoms with van der Waals surface area (Å²) < 4.78 is 37.8. The maximum absolute atomic E-state index is 12.6. The van der Waals surface area contributed by atoms with E-state index in [0.717, 1.165) is 25.3 Å². The molecule has 0 radical (unpaired) electrons. The molecule has 2 rings (SSSR count). The number of nitrogens with one attached hydrogen (secondary N) is 1. The van der Waals surface area contributed by atoms with E-state index >= 15 is 0 Å². The minimum atomic E-state index is -4.61. The monoisotopic (exact) mass is 303 g/mol. The predicted molar refractivity (Wildman–Crippen MR) is 70.4 cm³/mol. The molecule has 1 aromatic rings. The van der Waals surface area contributed by atoms with Gasteiger partial charge in [0.05, 0.1) is 6.54 Å². The first-order valence-electron chi connectivity index (χ1n) is 6.59. The molecule has 0 aromatic carbocycles. The number of nitrogens with zero attached hydrogens (tertiary/aromatic N) is 3. The number of piperidine rings is 1. The van der Waals surface area contributed by atoms with Crippen LogP contribution in [0.3, 0.4) is 0 Å². The van der Waals surface area contributed by atoms with Crippen molar-refractivity contribution in [1.82, 2.24) is 14.9 Å². The number of carbonyl (C=O) groups excluding carboxylic acids is 1. The standard InChI is InChI=1S/C12H16F3N5O/c13-12(14,15)8-6-9(19-11(16)18-8)17-7-10(21)20-4-2-1-3-5-20/h6H,1-5,7H2,(H3,16,17,18,19). The van der Waals surface area contributed by atoms with E-state index in [2.05, 4.69) is 15.3 Å². The third-order valence-corrected chi connectivity index (χ3v) is 3.16. The molecule has 0 spiro atoms. The third-order valence-electron chi connectivity index (χ3n) is 3.16. The number of alkyl halides is 3. The molecule has 2 heterocycles. The minimum absolute atomic E-state index is 0.111. The van der Waals surface area contributed by atoms with Crippen molar-refractivity contribution in [3.05, 3.63) is 11.8 Å². The molecule has 0 atom stereocenters. The van der Waals surface area contributed by atoms with Crippen LogP contribution in [-0.4, -0.2) is 40.4 Å². The topological polar surface area (TPSA) is 84.1 Å². The normalized spacial score (nSPS) is 15.9. The summed E-state index contributed by atoms with van der Waals surface area (Å²) in [5.74, 6) is -0.765. The number of hydrogen-bond acceptors (Lipinski definition) is 5. The fourth-order valence-electron chi connectivity index (χ4n) is 2.12. The van der Waals surface area contributed by atoms with Crippen LogP contribution in [0.5, 0.6) is 0 Å². The highest BCUT2D eigenvalue weighted by atomic mass is 19.4. The molecule has 0 unspecified atom stereocenters. The molecule has 1 amide bonds. The average molecular weight is 303 g/mol. The molecule has 6 nitrogen and oxygen atoms in total. The van der Waals surface area contributed by atoms with Crippen molar-refractivity contribution in [1.29, 1.82) is 0 Å². The largest absolute Gasteiger partial charge is 0.433 e. The number of nitrogen functional groups attached to an aromatic ring is 1. The van der Waals surface area contributed by atoms with Gasteiger partial charge >= 0.3 is 6.18 Å². The molecule has 9 heteroatoms. The van der Waals surface area contributed by atoms with Gasteiger partial charge in [0, 0.05) is 19.2 Å². The molecular weight excluding hydrogens is 287 g/mol. The first kappa shape index (κ1) is 15.3. The molecule has 1 saturated heterocycles. The van der Waals surface area contributed by atoms with Crippen LogP contribution in [0.1, 0.15) is 25.0 Å². The highest BCUT2D eigenvalue weighted by molar-refractivity contribution is 5.80. The van der Waals surface area contributed by atoms with Gasteiger partial charge in [-0.2, -0.15) is 18.2 Å². The van der Waals surface area contributed by atoms with Crippen molar-refractivity contribution in [2.24, 2.45) is 0 Å². The van der Waals surface area contributed by atoms with Crippen LogP contribution in [0, 0.1) is 0 Å². The van der Waals surface area contributed by atoms with Crippen molar-refractivity contribution in [2.45, 2.75) is 25.4 Å². The third kappa shape index (κ3) is 4.20. The SMILES string of the molecule is Nc1nc(NCC(=O)N2CCCCC2)cc(C(F)(F)F)n1. The van der Waals surface area contributed by atoms with Gasteiger partial charge in [-0.3, -0.25) is 4.79 Å². The molecular formula is C12H16F3N5O. The van der Waals surface area contributed by atoms with Gasteiger partial charge in [-0.25, -0.2) is 4.98 Å². The van der Waals surface area contributed by atoms with Crippen molar-refractivity contribution in [3.63, 3.8) is 0 Å². The number of nitrogens with two attached hydrogens (primary N) is 1. The van der Waals surface area contributed by atoms with E-state index in [4.69, 9.17) is 5.73 Å². The Morgan fingerprint density at radius 1 is 1.29 bits per heavy atom. The Labute approximate surface area is 119 Å². The average Bonchev–Trinajstić information content (AvgIpc) is 2.44. The summed E-state index contributed by atoms with van der Waals surface area (Å²) in [7, 11) is 0. The zero-order valence-electron chi connectivity index (χ0n) is 11.3. The predicted octanol–water partition coefficient (Wildman–Crippen LogP) is 1.50. The molecule has 21 heavy (non-hydrogen) atoms. The van der Waals surface area contributed by atoms with Gasteiger partial charge in [-0.1, -0.05) is 0 Å². The van der Waals surface area contributed by atoms with Crippen molar-refractivity contribution in [2.75, 3.05) is 30.7 Å². The molecule has 1 aromatic heterocycles. The van der Waals surface area contributed by atoms with E-state index in [1.54, 1.807) is 4.90 Å². The van der Waals surface area contributed by atoms with Crippen LogP contribution in [0.15, 0.2) is 6.07 Å². The first-order valence-corrected chi connectivity index (χ1v) is 6.59. The number of carbonyl (C=O) groups is 1. The fraction of sp³-hybridized carbons (Fsp3) is 0.583. The van der Waals surface area contributed by atoms with Crippen molar-refractivity contribution >= 4 is 17.7 Å². The highest BCUT2D eigenvalue weighted by Crippen LogP contribution is 2.29. The number of amides is 1. The maximum atomic E-state index is 12.6. The molecule has 0 bridgehead atoms. The lowest BCUT2D eigenvalue weighted by Crippen LogP contribution is -2.39. The Hall–Kier alpha value is -2.06. The Kier molecular flexibility index (Phi) is 4.49. The van der Waals surface area contributed by atoms with Gasteiger partial charge < -0.3 is 16.0 Å². The highest BCUT2D eigenvalue weighted by Gasteiger charge is 2.33. The lowest BCUT2D eigenvalue weighted by Gasteiger charge is -2.26. The number of aromatic nitrogens is 2. The number of likely N-dealkylation sites (tertiary alicyclic amines) is 1. The van der Waals surface area contributed by atoms with Crippen LogP contribution in [0.2, 0.25) is 0 Å². The lowest BCUT2D eigenvalue weighted by atomic mass is 10.1. The van der Waals surface area contributed by atoms with E-state index in [1.165, 1.54) is 0 Å². The van der Waals surface area contributed by atoms with E-state index in [-0.39, 0.29) is 18.3 Å². The van der Waals surface area contributed by atoms with Crippen LogP contribution < -0.4 is 11.1 Å². The summed E-state index contributed by atoms with van der Waals surface area (Å²) >= 11 is 0. The van der Waals surface area contributed by atoms with E-state index in [1.807, 2.05) is 0 Å². The van der Waals surface area contributed by atoms with Gasteiger partial charge in [0.25, 0.3) is 0 Å². The molecule has 0 aliphatic carbocycles. The lowest BCUT2D eigenvalue weighted by molar-refractivity contribution is -0.141. The van der Waals surface area contributed by atoms with Gasteiger partial charge in [-0.05, 0) is 19.3 Å². The second-order valence-corrected chi connectivity index (χ2v) is 4.79. The number of rotatable bonds is 3. The summed E-state index contributed by atoms with van der Waals surface area (Å²) in [6.07, 6.45) is -1.62. The van der Waals surface area contributed by atoms with E-state index in [0.29, 0.717) is 13.1 Å². The zero-order chi connectivity index (χ0) is 15.5. The Morgan fingerprint density at radius 2 is 1.95 bits per heavy atom. The molecule has 1 aliphatic rings. The summed E-state index contributed by atoms with van der Waals surface area (Å²) in [6.45, 7) is 1.24. The summed E-state index contributed by atoms with van der Waals surface area (Å²) in [6, 6.07) is 0.736.